The van der Waals surface area contributed by atoms with E-state index in [1.54, 1.807) is 4.90 Å². The van der Waals surface area contributed by atoms with Gasteiger partial charge in [0.15, 0.2) is 0 Å². The lowest BCUT2D eigenvalue weighted by atomic mass is 10.1. The molecule has 1 saturated heterocycles. The number of morpholine rings is 1. The predicted octanol–water partition coefficient (Wildman–Crippen LogP) is 0.885. The van der Waals surface area contributed by atoms with E-state index in [4.69, 9.17) is 0 Å². The molecule has 1 aliphatic heterocycles. The monoisotopic (exact) mass is 205 g/mol. The van der Waals surface area contributed by atoms with Crippen LogP contribution in [0.2, 0.25) is 0 Å². The van der Waals surface area contributed by atoms with Crippen LogP contribution in [0.4, 0.5) is 5.69 Å². The molecule has 0 aliphatic carbocycles. The molecule has 0 atom stereocenters. The van der Waals surface area contributed by atoms with Gasteiger partial charge in [0.1, 0.15) is 13.1 Å². The second-order valence-corrected chi connectivity index (χ2v) is 3.49. The molecule has 0 N–H and O–H groups in total. The summed E-state index contributed by atoms with van der Waals surface area (Å²) < 4.78 is 4.46. The highest BCUT2D eigenvalue weighted by Gasteiger charge is 2.25. The van der Waals surface area contributed by atoms with Crippen LogP contribution in [0.25, 0.3) is 0 Å². The molecule has 15 heavy (non-hydrogen) atoms. The van der Waals surface area contributed by atoms with Crippen LogP contribution in [0.3, 0.4) is 0 Å². The molecule has 4 nitrogen and oxygen atoms in total. The number of anilines is 1. The van der Waals surface area contributed by atoms with Crippen molar-refractivity contribution < 1.29 is 14.3 Å². The van der Waals surface area contributed by atoms with E-state index in [9.17, 15) is 9.59 Å². The molecule has 2 rings (SSSR count). The van der Waals surface area contributed by atoms with Crippen molar-refractivity contribution in [2.24, 2.45) is 0 Å². The van der Waals surface area contributed by atoms with Gasteiger partial charge in [0.05, 0.1) is 0 Å². The van der Waals surface area contributed by atoms with Crippen LogP contribution in [0.1, 0.15) is 5.56 Å². The zero-order chi connectivity index (χ0) is 10.8. The Bertz CT molecular complexity index is 398. The highest BCUT2D eigenvalue weighted by Crippen LogP contribution is 2.20. The fraction of sp³-hybridized carbons (Fsp3) is 0.273. The Morgan fingerprint density at radius 3 is 2.33 bits per heavy atom. The first kappa shape index (κ1) is 9.71. The molecule has 1 heterocycles. The van der Waals surface area contributed by atoms with E-state index in [2.05, 4.69) is 4.74 Å². The van der Waals surface area contributed by atoms with Crippen LogP contribution < -0.4 is 4.90 Å². The highest BCUT2D eigenvalue weighted by molar-refractivity contribution is 5.94. The Hall–Kier alpha value is -1.84. The van der Waals surface area contributed by atoms with Crippen LogP contribution >= 0.6 is 0 Å². The molecule has 0 saturated carbocycles. The number of nitrogens with zero attached hydrogens (tertiary/aromatic N) is 1. The summed E-state index contributed by atoms with van der Waals surface area (Å²) >= 11 is 0. The number of rotatable bonds is 1. The topological polar surface area (TPSA) is 46.6 Å². The summed E-state index contributed by atoms with van der Waals surface area (Å²) in [6.07, 6.45) is 0. The van der Waals surface area contributed by atoms with Gasteiger partial charge in [-0.15, -0.1) is 0 Å². The number of ether oxygens (including phenoxy) is 1. The predicted molar refractivity (Wildman–Crippen MR) is 54.5 cm³/mol. The molecule has 1 aromatic rings. The Balaban J connectivity index is 2.27. The van der Waals surface area contributed by atoms with E-state index in [1.807, 2.05) is 31.2 Å². The summed E-state index contributed by atoms with van der Waals surface area (Å²) in [5.74, 6) is -0.982. The Morgan fingerprint density at radius 2 is 1.73 bits per heavy atom. The lowest BCUT2D eigenvalue weighted by molar-refractivity contribution is -0.160. The van der Waals surface area contributed by atoms with Gasteiger partial charge in [0.2, 0.25) is 0 Å². The SMILES string of the molecule is Cc1ccccc1N1CC(=O)OC(=O)C1. The van der Waals surface area contributed by atoms with E-state index in [0.717, 1.165) is 11.3 Å². The van der Waals surface area contributed by atoms with Crippen molar-refractivity contribution in [2.45, 2.75) is 6.92 Å². The summed E-state index contributed by atoms with van der Waals surface area (Å²) in [4.78, 5) is 23.9. The van der Waals surface area contributed by atoms with E-state index in [-0.39, 0.29) is 13.1 Å². The first-order valence-corrected chi connectivity index (χ1v) is 4.71. The number of esters is 2. The molecular formula is C11H11NO3. The number of hydrogen-bond donors (Lipinski definition) is 0. The molecule has 1 aromatic carbocycles. The molecule has 0 bridgehead atoms. The van der Waals surface area contributed by atoms with Crippen molar-refractivity contribution in [1.82, 2.24) is 0 Å². The summed E-state index contributed by atoms with van der Waals surface area (Å²) in [6, 6.07) is 7.64. The smallest absolute Gasteiger partial charge is 0.333 e. The number of aryl methyl sites for hydroxylation is 1. The van der Waals surface area contributed by atoms with Crippen molar-refractivity contribution in [3.8, 4) is 0 Å². The van der Waals surface area contributed by atoms with E-state index < -0.39 is 11.9 Å². The van der Waals surface area contributed by atoms with Gasteiger partial charge in [0.25, 0.3) is 0 Å². The standard InChI is InChI=1S/C11H11NO3/c1-8-4-2-3-5-9(8)12-6-10(13)15-11(14)7-12/h2-5H,6-7H2,1H3. The third-order valence-corrected chi connectivity index (χ3v) is 2.32. The fourth-order valence-corrected chi connectivity index (χ4v) is 1.65. The maximum atomic E-state index is 11.1. The van der Waals surface area contributed by atoms with Gasteiger partial charge in [-0.1, -0.05) is 18.2 Å². The van der Waals surface area contributed by atoms with Crippen molar-refractivity contribution in [3.63, 3.8) is 0 Å². The summed E-state index contributed by atoms with van der Waals surface area (Å²) in [6.45, 7) is 2.22. The quantitative estimate of drug-likeness (QED) is 0.504. The van der Waals surface area contributed by atoms with Crippen LogP contribution in [-0.2, 0) is 14.3 Å². The van der Waals surface area contributed by atoms with Crippen LogP contribution in [-0.4, -0.2) is 25.0 Å². The summed E-state index contributed by atoms with van der Waals surface area (Å²) in [5.41, 5.74) is 1.95. The zero-order valence-electron chi connectivity index (χ0n) is 8.40. The van der Waals surface area contributed by atoms with Crippen LogP contribution in [0.5, 0.6) is 0 Å². The van der Waals surface area contributed by atoms with Gasteiger partial charge in [-0.25, -0.2) is 9.59 Å². The largest absolute Gasteiger partial charge is 0.390 e. The maximum absolute atomic E-state index is 11.1. The van der Waals surface area contributed by atoms with Crippen molar-refractivity contribution in [2.75, 3.05) is 18.0 Å². The zero-order valence-corrected chi connectivity index (χ0v) is 8.40. The maximum Gasteiger partial charge on any atom is 0.333 e. The first-order chi connectivity index (χ1) is 7.16. The molecule has 0 unspecified atom stereocenters. The average Bonchev–Trinajstić information content (AvgIpc) is 2.16. The number of para-hydroxylation sites is 1. The van der Waals surface area contributed by atoms with E-state index in [0.29, 0.717) is 0 Å². The molecule has 0 amide bonds. The third kappa shape index (κ3) is 1.98. The first-order valence-electron chi connectivity index (χ1n) is 4.71. The summed E-state index contributed by atoms with van der Waals surface area (Å²) in [7, 11) is 0. The number of carbonyl (C=O) groups excluding carboxylic acids is 2. The van der Waals surface area contributed by atoms with Crippen LogP contribution in [0, 0.1) is 6.92 Å². The number of carbonyl (C=O) groups is 2. The molecule has 0 aromatic heterocycles. The Kier molecular flexibility index (Phi) is 2.41. The van der Waals surface area contributed by atoms with Crippen molar-refractivity contribution >= 4 is 17.6 Å². The van der Waals surface area contributed by atoms with Gasteiger partial charge in [-0.05, 0) is 18.6 Å². The summed E-state index contributed by atoms with van der Waals surface area (Å²) in [5, 5.41) is 0. The van der Waals surface area contributed by atoms with Gasteiger partial charge in [-0.2, -0.15) is 0 Å². The minimum atomic E-state index is -0.491. The minimum Gasteiger partial charge on any atom is -0.390 e. The number of cyclic esters (lactones) is 2. The lowest BCUT2D eigenvalue weighted by Crippen LogP contribution is -2.43. The second kappa shape index (κ2) is 3.73. The minimum absolute atomic E-state index is 0.136. The molecule has 78 valence electrons. The van der Waals surface area contributed by atoms with Crippen LogP contribution in [0.15, 0.2) is 24.3 Å². The fourth-order valence-electron chi connectivity index (χ4n) is 1.65. The molecule has 1 aliphatic rings. The highest BCUT2D eigenvalue weighted by atomic mass is 16.6. The van der Waals surface area contributed by atoms with Gasteiger partial charge >= 0.3 is 11.9 Å². The molecule has 4 heteroatoms. The number of hydrogen-bond acceptors (Lipinski definition) is 4. The number of benzene rings is 1. The normalized spacial score (nSPS) is 16.5. The lowest BCUT2D eigenvalue weighted by Gasteiger charge is -2.27. The molecular weight excluding hydrogens is 194 g/mol. The molecule has 0 spiro atoms. The Labute approximate surface area is 87.4 Å². The van der Waals surface area contributed by atoms with Crippen molar-refractivity contribution in [1.29, 1.82) is 0 Å². The average molecular weight is 205 g/mol. The van der Waals surface area contributed by atoms with E-state index >= 15 is 0 Å². The third-order valence-electron chi connectivity index (χ3n) is 2.32. The van der Waals surface area contributed by atoms with Gasteiger partial charge < -0.3 is 9.64 Å². The van der Waals surface area contributed by atoms with E-state index in [1.165, 1.54) is 0 Å². The second-order valence-electron chi connectivity index (χ2n) is 3.49. The van der Waals surface area contributed by atoms with Gasteiger partial charge in [-0.3, -0.25) is 0 Å². The Morgan fingerprint density at radius 1 is 1.13 bits per heavy atom. The van der Waals surface area contributed by atoms with Gasteiger partial charge in [0, 0.05) is 5.69 Å². The molecule has 0 radical (unpaired) electrons. The molecule has 1 fully saturated rings. The van der Waals surface area contributed by atoms with Crippen molar-refractivity contribution in [3.05, 3.63) is 29.8 Å².